The quantitative estimate of drug-likeness (QED) is 0.770. The number of methoxy groups -OCH3 is 1. The number of nitrogens with zero attached hydrogens (tertiary/aromatic N) is 4. The van der Waals surface area contributed by atoms with E-state index in [2.05, 4.69) is 22.2 Å². The van der Waals surface area contributed by atoms with E-state index in [1.54, 1.807) is 7.11 Å². The fourth-order valence-electron chi connectivity index (χ4n) is 4.79. The van der Waals surface area contributed by atoms with Crippen LogP contribution in [0, 0.1) is 17.2 Å². The average Bonchev–Trinajstić information content (AvgIpc) is 3.40. The van der Waals surface area contributed by atoms with Crippen molar-refractivity contribution >= 4 is 11.0 Å². The third kappa shape index (κ3) is 2.14. The Bertz CT molecular complexity index is 1010. The standard InChI is InChI=1S/C20H21N5O/c1-26-19-14-10-23-20-17(14)13(7-9-22-20)15-11-25(24-18(15)19)16(6-8-21)12-4-2-3-5-12/h7,9-12,16,19H,2-6H2,1H3,(H,22,23). The first kappa shape index (κ1) is 15.6. The third-order valence-electron chi connectivity index (χ3n) is 6.01. The average molecular weight is 347 g/mol. The van der Waals surface area contributed by atoms with Crippen molar-refractivity contribution in [3.05, 3.63) is 35.9 Å². The lowest BCUT2D eigenvalue weighted by Gasteiger charge is -2.21. The first-order valence-corrected chi connectivity index (χ1v) is 9.27. The minimum atomic E-state index is -0.206. The minimum absolute atomic E-state index is 0.142. The molecule has 0 amide bonds. The molecule has 0 saturated heterocycles. The van der Waals surface area contributed by atoms with Gasteiger partial charge in [0.2, 0.25) is 0 Å². The molecule has 3 aromatic heterocycles. The van der Waals surface area contributed by atoms with Gasteiger partial charge in [0, 0.05) is 42.2 Å². The largest absolute Gasteiger partial charge is 0.370 e. The van der Waals surface area contributed by atoms with Gasteiger partial charge < -0.3 is 9.72 Å². The van der Waals surface area contributed by atoms with Gasteiger partial charge in [-0.1, -0.05) is 12.8 Å². The number of H-pyrrole nitrogens is 1. The molecular formula is C20H21N5O. The van der Waals surface area contributed by atoms with Crippen LogP contribution in [0.4, 0.5) is 0 Å². The molecule has 2 aliphatic rings. The number of ether oxygens (including phenoxy) is 1. The smallest absolute Gasteiger partial charge is 0.138 e. The van der Waals surface area contributed by atoms with E-state index in [9.17, 15) is 5.26 Å². The van der Waals surface area contributed by atoms with Crippen LogP contribution in [0.5, 0.6) is 0 Å². The highest BCUT2D eigenvalue weighted by molar-refractivity contribution is 5.98. The first-order valence-electron chi connectivity index (χ1n) is 9.27. The van der Waals surface area contributed by atoms with Crippen molar-refractivity contribution in [1.29, 1.82) is 5.26 Å². The zero-order valence-corrected chi connectivity index (χ0v) is 14.8. The van der Waals surface area contributed by atoms with E-state index in [0.29, 0.717) is 12.3 Å². The van der Waals surface area contributed by atoms with Crippen molar-refractivity contribution in [2.45, 2.75) is 44.2 Å². The lowest BCUT2D eigenvalue weighted by molar-refractivity contribution is 0.132. The predicted octanol–water partition coefficient (Wildman–Crippen LogP) is 4.12. The van der Waals surface area contributed by atoms with Crippen LogP contribution in [-0.2, 0) is 4.74 Å². The normalized spacial score (nSPS) is 20.2. The van der Waals surface area contributed by atoms with Crippen LogP contribution in [-0.4, -0.2) is 26.9 Å². The molecule has 132 valence electrons. The Hall–Kier alpha value is -2.65. The van der Waals surface area contributed by atoms with Gasteiger partial charge in [0.05, 0.1) is 18.5 Å². The highest BCUT2D eigenvalue weighted by atomic mass is 16.5. The molecule has 5 rings (SSSR count). The molecular weight excluding hydrogens is 326 g/mol. The molecule has 2 aliphatic carbocycles. The van der Waals surface area contributed by atoms with Crippen LogP contribution in [0.3, 0.4) is 0 Å². The van der Waals surface area contributed by atoms with Crippen molar-refractivity contribution < 1.29 is 4.74 Å². The summed E-state index contributed by atoms with van der Waals surface area (Å²) in [5.41, 5.74) is 5.14. The summed E-state index contributed by atoms with van der Waals surface area (Å²) in [5.74, 6) is 0.536. The summed E-state index contributed by atoms with van der Waals surface area (Å²) >= 11 is 0. The number of hydrogen-bond acceptors (Lipinski definition) is 4. The van der Waals surface area contributed by atoms with Crippen molar-refractivity contribution in [3.8, 4) is 17.2 Å². The Balaban J connectivity index is 1.67. The topological polar surface area (TPSA) is 79.5 Å². The van der Waals surface area contributed by atoms with Gasteiger partial charge in [-0.05, 0) is 30.4 Å². The monoisotopic (exact) mass is 347 g/mol. The van der Waals surface area contributed by atoms with Gasteiger partial charge >= 0.3 is 0 Å². The van der Waals surface area contributed by atoms with Crippen molar-refractivity contribution in [2.24, 2.45) is 5.92 Å². The van der Waals surface area contributed by atoms with E-state index in [0.717, 1.165) is 33.4 Å². The Morgan fingerprint density at radius 2 is 2.23 bits per heavy atom. The molecule has 6 heteroatoms. The highest BCUT2D eigenvalue weighted by Gasteiger charge is 2.34. The second-order valence-corrected chi connectivity index (χ2v) is 7.32. The van der Waals surface area contributed by atoms with Crippen LogP contribution in [0.2, 0.25) is 0 Å². The number of fused-ring (bicyclic) bond motifs is 2. The van der Waals surface area contributed by atoms with Gasteiger partial charge in [-0.15, -0.1) is 0 Å². The van der Waals surface area contributed by atoms with Gasteiger partial charge in [0.1, 0.15) is 17.4 Å². The number of pyridine rings is 1. The molecule has 1 N–H and O–H groups in total. The molecule has 2 atom stereocenters. The lowest BCUT2D eigenvalue weighted by Crippen LogP contribution is -2.18. The fourth-order valence-corrected chi connectivity index (χ4v) is 4.79. The van der Waals surface area contributed by atoms with Gasteiger partial charge in [-0.25, -0.2) is 4.98 Å². The maximum atomic E-state index is 9.36. The molecule has 0 spiro atoms. The Labute approximate surface area is 151 Å². The summed E-state index contributed by atoms with van der Waals surface area (Å²) in [4.78, 5) is 7.68. The van der Waals surface area contributed by atoms with Gasteiger partial charge in [-0.3, -0.25) is 4.68 Å². The van der Waals surface area contributed by atoms with Crippen LogP contribution in [0.15, 0.2) is 24.7 Å². The van der Waals surface area contributed by atoms with Gasteiger partial charge in [-0.2, -0.15) is 10.4 Å². The van der Waals surface area contributed by atoms with E-state index in [4.69, 9.17) is 9.84 Å². The summed E-state index contributed by atoms with van der Waals surface area (Å²) in [6.07, 6.45) is 11.1. The second-order valence-electron chi connectivity index (χ2n) is 7.32. The molecule has 1 saturated carbocycles. The molecule has 3 heterocycles. The summed E-state index contributed by atoms with van der Waals surface area (Å²) in [5, 5.41) is 15.4. The zero-order chi connectivity index (χ0) is 17.7. The molecule has 3 aromatic rings. The predicted molar refractivity (Wildman–Crippen MR) is 97.4 cm³/mol. The molecule has 0 aliphatic heterocycles. The summed E-state index contributed by atoms with van der Waals surface area (Å²) in [6, 6.07) is 4.56. The number of nitriles is 1. The second kappa shape index (κ2) is 5.96. The Kier molecular flexibility index (Phi) is 3.57. The van der Waals surface area contributed by atoms with Crippen LogP contribution in [0.1, 0.15) is 55.5 Å². The molecule has 0 aromatic carbocycles. The maximum Gasteiger partial charge on any atom is 0.138 e. The number of rotatable bonds is 4. The van der Waals surface area contributed by atoms with E-state index >= 15 is 0 Å². The molecule has 1 fully saturated rings. The number of aromatic nitrogens is 4. The van der Waals surface area contributed by atoms with Crippen LogP contribution >= 0.6 is 0 Å². The van der Waals surface area contributed by atoms with Crippen LogP contribution < -0.4 is 0 Å². The Morgan fingerprint density at radius 1 is 1.38 bits per heavy atom. The molecule has 0 radical (unpaired) electrons. The maximum absolute atomic E-state index is 9.36. The van der Waals surface area contributed by atoms with Gasteiger partial charge in [0.15, 0.2) is 0 Å². The minimum Gasteiger partial charge on any atom is -0.370 e. The lowest BCUT2D eigenvalue weighted by atomic mass is 9.90. The fraction of sp³-hybridized carbons (Fsp3) is 0.450. The SMILES string of the molecule is COC1c2nn(C(CC#N)C3CCCC3)cc2-c2ccnc3[nH]cc1c23. The summed E-state index contributed by atoms with van der Waals surface area (Å²) in [6.45, 7) is 0. The van der Waals surface area contributed by atoms with E-state index in [-0.39, 0.29) is 12.1 Å². The molecule has 26 heavy (non-hydrogen) atoms. The third-order valence-corrected chi connectivity index (χ3v) is 6.01. The van der Waals surface area contributed by atoms with E-state index < -0.39 is 0 Å². The van der Waals surface area contributed by atoms with E-state index in [1.165, 1.54) is 25.7 Å². The van der Waals surface area contributed by atoms with Crippen molar-refractivity contribution in [2.75, 3.05) is 7.11 Å². The summed E-state index contributed by atoms with van der Waals surface area (Å²) < 4.78 is 7.85. The molecule has 2 unspecified atom stereocenters. The molecule has 6 nitrogen and oxygen atoms in total. The number of nitrogens with one attached hydrogen (secondary N) is 1. The zero-order valence-electron chi connectivity index (χ0n) is 14.8. The molecule has 0 bridgehead atoms. The van der Waals surface area contributed by atoms with Crippen molar-refractivity contribution in [3.63, 3.8) is 0 Å². The van der Waals surface area contributed by atoms with Gasteiger partial charge in [0.25, 0.3) is 0 Å². The van der Waals surface area contributed by atoms with Crippen LogP contribution in [0.25, 0.3) is 22.2 Å². The highest BCUT2D eigenvalue weighted by Crippen LogP contribution is 2.46. The first-order chi connectivity index (χ1) is 12.8. The Morgan fingerprint density at radius 3 is 3.00 bits per heavy atom. The van der Waals surface area contributed by atoms with E-state index in [1.807, 2.05) is 23.1 Å². The van der Waals surface area contributed by atoms with Crippen molar-refractivity contribution in [1.82, 2.24) is 19.7 Å². The number of aromatic amines is 1. The number of hydrogen-bond donors (Lipinski definition) is 1. The summed E-state index contributed by atoms with van der Waals surface area (Å²) in [7, 11) is 1.72.